The summed E-state index contributed by atoms with van der Waals surface area (Å²) in [6.45, 7) is 11.8. The van der Waals surface area contributed by atoms with Crippen molar-refractivity contribution in [2.24, 2.45) is 22.7 Å². The summed E-state index contributed by atoms with van der Waals surface area (Å²) in [5.41, 5.74) is -0.559. The molecule has 2 saturated heterocycles. The van der Waals surface area contributed by atoms with E-state index in [1.165, 1.54) is 9.80 Å². The number of imide groups is 2. The molecule has 0 spiro atoms. The Bertz CT molecular complexity index is 531. The van der Waals surface area contributed by atoms with Crippen LogP contribution in [-0.2, 0) is 19.2 Å². The molecule has 0 aromatic rings. The summed E-state index contributed by atoms with van der Waals surface area (Å²) >= 11 is 0. The van der Waals surface area contributed by atoms with Gasteiger partial charge in [-0.25, -0.2) is 0 Å². The fourth-order valence-corrected chi connectivity index (χ4v) is 3.39. The van der Waals surface area contributed by atoms with Gasteiger partial charge in [0.05, 0.1) is 11.8 Å². The highest BCUT2D eigenvalue weighted by Crippen LogP contribution is 2.37. The summed E-state index contributed by atoms with van der Waals surface area (Å²) in [4.78, 5) is 51.7. The summed E-state index contributed by atoms with van der Waals surface area (Å²) in [7, 11) is 0. The largest absolute Gasteiger partial charge is 0.281 e. The first-order chi connectivity index (χ1) is 10.8. The molecular formula is C18H28N2O4. The van der Waals surface area contributed by atoms with Crippen LogP contribution in [0.3, 0.4) is 0 Å². The zero-order valence-electron chi connectivity index (χ0n) is 15.5. The normalized spacial score (nSPS) is 26.1. The van der Waals surface area contributed by atoms with Crippen molar-refractivity contribution in [1.29, 1.82) is 0 Å². The molecule has 134 valence electrons. The number of hydrogen-bond acceptors (Lipinski definition) is 4. The molecule has 2 fully saturated rings. The van der Waals surface area contributed by atoms with Gasteiger partial charge in [-0.1, -0.05) is 41.5 Å². The van der Waals surface area contributed by atoms with Crippen molar-refractivity contribution in [3.05, 3.63) is 0 Å². The molecule has 0 aliphatic carbocycles. The van der Waals surface area contributed by atoms with Crippen LogP contribution in [0.15, 0.2) is 0 Å². The van der Waals surface area contributed by atoms with E-state index < -0.39 is 0 Å². The Morgan fingerprint density at radius 2 is 1.00 bits per heavy atom. The lowest BCUT2D eigenvalue weighted by Crippen LogP contribution is -2.42. The van der Waals surface area contributed by atoms with Crippen molar-refractivity contribution in [2.45, 2.75) is 54.4 Å². The molecule has 0 bridgehead atoms. The van der Waals surface area contributed by atoms with Gasteiger partial charge in [0.25, 0.3) is 0 Å². The zero-order valence-corrected chi connectivity index (χ0v) is 15.5. The van der Waals surface area contributed by atoms with Crippen LogP contribution in [-0.4, -0.2) is 46.5 Å². The fourth-order valence-electron chi connectivity index (χ4n) is 3.39. The lowest BCUT2D eigenvalue weighted by atomic mass is 9.80. The number of carbonyl (C=O) groups excluding carboxylic acids is 4. The predicted octanol–water partition coefficient (Wildman–Crippen LogP) is 1.83. The van der Waals surface area contributed by atoms with Gasteiger partial charge in [0, 0.05) is 25.9 Å². The molecule has 2 rings (SSSR count). The third kappa shape index (κ3) is 3.37. The molecule has 4 amide bonds. The summed E-state index contributed by atoms with van der Waals surface area (Å²) in [6, 6.07) is 0. The number of likely N-dealkylation sites (tertiary alicyclic amines) is 2. The molecule has 6 nitrogen and oxygen atoms in total. The van der Waals surface area contributed by atoms with Crippen LogP contribution in [0.4, 0.5) is 0 Å². The van der Waals surface area contributed by atoms with Crippen molar-refractivity contribution >= 4 is 23.6 Å². The van der Waals surface area contributed by atoms with Gasteiger partial charge in [0.15, 0.2) is 0 Å². The zero-order chi connectivity index (χ0) is 18.4. The maximum Gasteiger partial charge on any atom is 0.233 e. The topological polar surface area (TPSA) is 74.8 Å². The molecule has 0 aromatic carbocycles. The lowest BCUT2D eigenvalue weighted by molar-refractivity contribution is -0.145. The van der Waals surface area contributed by atoms with Gasteiger partial charge in [0.1, 0.15) is 0 Å². The minimum atomic E-state index is -0.336. The van der Waals surface area contributed by atoms with E-state index >= 15 is 0 Å². The predicted molar refractivity (Wildman–Crippen MR) is 88.6 cm³/mol. The van der Waals surface area contributed by atoms with Gasteiger partial charge in [-0.15, -0.1) is 0 Å². The van der Waals surface area contributed by atoms with Crippen LogP contribution in [0.2, 0.25) is 0 Å². The first kappa shape index (κ1) is 18.6. The van der Waals surface area contributed by atoms with E-state index in [2.05, 4.69) is 0 Å². The highest BCUT2D eigenvalue weighted by molar-refractivity contribution is 6.05. The highest BCUT2D eigenvalue weighted by Gasteiger charge is 2.47. The van der Waals surface area contributed by atoms with Gasteiger partial charge in [-0.2, -0.15) is 0 Å². The molecule has 0 radical (unpaired) electrons. The minimum absolute atomic E-state index is 0.0958. The Morgan fingerprint density at radius 3 is 1.21 bits per heavy atom. The first-order valence-electron chi connectivity index (χ1n) is 8.52. The second-order valence-electron chi connectivity index (χ2n) is 9.01. The Kier molecular flexibility index (Phi) is 4.63. The second kappa shape index (κ2) is 5.97. The SMILES string of the molecule is CC(C)(C)C1CC(=O)N(CCN2C(=O)CC(C(C)(C)C)C2=O)C1=O. The highest BCUT2D eigenvalue weighted by atomic mass is 16.2. The maximum atomic E-state index is 12.5. The number of carbonyl (C=O) groups is 4. The Hall–Kier alpha value is -1.72. The Balaban J connectivity index is 2.04. The number of amides is 4. The smallest absolute Gasteiger partial charge is 0.233 e. The Morgan fingerprint density at radius 1 is 0.708 bits per heavy atom. The van der Waals surface area contributed by atoms with Crippen LogP contribution in [0.5, 0.6) is 0 Å². The van der Waals surface area contributed by atoms with Crippen molar-refractivity contribution in [3.63, 3.8) is 0 Å². The summed E-state index contributed by atoms with van der Waals surface area (Å²) < 4.78 is 0. The molecule has 2 heterocycles. The minimum Gasteiger partial charge on any atom is -0.281 e. The molecule has 2 atom stereocenters. The molecule has 0 aromatic heterocycles. The first-order valence-corrected chi connectivity index (χ1v) is 8.52. The van der Waals surface area contributed by atoms with Crippen molar-refractivity contribution < 1.29 is 19.2 Å². The maximum absolute atomic E-state index is 12.5. The molecule has 0 N–H and O–H groups in total. The molecule has 0 saturated carbocycles. The van der Waals surface area contributed by atoms with Gasteiger partial charge >= 0.3 is 0 Å². The van der Waals surface area contributed by atoms with E-state index in [0.717, 1.165) is 0 Å². The summed E-state index contributed by atoms with van der Waals surface area (Å²) in [6.07, 6.45) is 0.406. The number of nitrogens with zero attached hydrogens (tertiary/aromatic N) is 2. The van der Waals surface area contributed by atoms with E-state index in [-0.39, 0.29) is 72.2 Å². The molecule has 6 heteroatoms. The van der Waals surface area contributed by atoms with Crippen LogP contribution >= 0.6 is 0 Å². The van der Waals surface area contributed by atoms with Crippen molar-refractivity contribution in [1.82, 2.24) is 9.80 Å². The monoisotopic (exact) mass is 336 g/mol. The van der Waals surface area contributed by atoms with Crippen LogP contribution in [0.1, 0.15) is 54.4 Å². The van der Waals surface area contributed by atoms with Crippen molar-refractivity contribution in [3.8, 4) is 0 Å². The van der Waals surface area contributed by atoms with Crippen LogP contribution in [0.25, 0.3) is 0 Å². The van der Waals surface area contributed by atoms with Crippen LogP contribution in [0, 0.1) is 22.7 Å². The van der Waals surface area contributed by atoms with Gasteiger partial charge in [-0.05, 0) is 10.8 Å². The molecule has 2 unspecified atom stereocenters. The molecular weight excluding hydrogens is 308 g/mol. The molecule has 24 heavy (non-hydrogen) atoms. The van der Waals surface area contributed by atoms with Gasteiger partial charge in [0.2, 0.25) is 23.6 Å². The quantitative estimate of drug-likeness (QED) is 0.737. The van der Waals surface area contributed by atoms with Gasteiger partial charge < -0.3 is 0 Å². The third-order valence-corrected chi connectivity index (χ3v) is 5.13. The van der Waals surface area contributed by atoms with E-state index in [4.69, 9.17) is 0 Å². The molecule has 2 aliphatic heterocycles. The molecule has 2 aliphatic rings. The van der Waals surface area contributed by atoms with Gasteiger partial charge in [-0.3, -0.25) is 29.0 Å². The second-order valence-corrected chi connectivity index (χ2v) is 9.01. The lowest BCUT2D eigenvalue weighted by Gasteiger charge is -2.26. The number of rotatable bonds is 3. The third-order valence-electron chi connectivity index (χ3n) is 5.13. The average Bonchev–Trinajstić information content (AvgIpc) is 2.85. The summed E-state index contributed by atoms with van der Waals surface area (Å²) in [5, 5.41) is 0. The number of hydrogen-bond donors (Lipinski definition) is 0. The van der Waals surface area contributed by atoms with Crippen molar-refractivity contribution in [2.75, 3.05) is 13.1 Å². The van der Waals surface area contributed by atoms with E-state index in [9.17, 15) is 19.2 Å². The van der Waals surface area contributed by atoms with E-state index in [1.54, 1.807) is 0 Å². The fraction of sp³-hybridized carbons (Fsp3) is 0.778. The van der Waals surface area contributed by atoms with Crippen LogP contribution < -0.4 is 0 Å². The summed E-state index contributed by atoms with van der Waals surface area (Å²) in [5.74, 6) is -1.50. The average molecular weight is 336 g/mol. The Labute approximate surface area is 143 Å². The standard InChI is InChI=1S/C18H28N2O4/c1-17(2,3)11-9-13(21)19(15(11)23)7-8-20-14(22)10-12(16(20)24)18(4,5)6/h11-12H,7-10H2,1-6H3. The van der Waals surface area contributed by atoms with E-state index in [1.807, 2.05) is 41.5 Å². The van der Waals surface area contributed by atoms with E-state index in [0.29, 0.717) is 0 Å².